The van der Waals surface area contributed by atoms with Crippen molar-refractivity contribution < 1.29 is 9.90 Å². The summed E-state index contributed by atoms with van der Waals surface area (Å²) in [6, 6.07) is 3.68. The van der Waals surface area contributed by atoms with E-state index in [-0.39, 0.29) is 0 Å². The van der Waals surface area contributed by atoms with Gasteiger partial charge in [-0.05, 0) is 32.6 Å². The maximum atomic E-state index is 10.9. The van der Waals surface area contributed by atoms with Gasteiger partial charge in [-0.3, -0.25) is 0 Å². The lowest BCUT2D eigenvalue weighted by Gasteiger charge is -2.21. The van der Waals surface area contributed by atoms with Crippen molar-refractivity contribution in [2.24, 2.45) is 0 Å². The minimum absolute atomic E-state index is 0.295. The highest BCUT2D eigenvalue weighted by atomic mass is 16.4. The van der Waals surface area contributed by atoms with Gasteiger partial charge in [0.05, 0.1) is 5.56 Å². The number of aromatic nitrogens is 1. The molecule has 1 fully saturated rings. The highest BCUT2D eigenvalue weighted by Crippen LogP contribution is 2.20. The second-order valence-electron chi connectivity index (χ2n) is 4.56. The molecule has 0 saturated carbocycles. The molecule has 1 N–H and O–H groups in total. The molecule has 5 heteroatoms. The number of hydrogen-bond acceptors (Lipinski definition) is 4. The van der Waals surface area contributed by atoms with Gasteiger partial charge < -0.3 is 14.9 Å². The number of anilines is 1. The van der Waals surface area contributed by atoms with Crippen LogP contribution >= 0.6 is 0 Å². The summed E-state index contributed by atoms with van der Waals surface area (Å²) in [7, 11) is 4.13. The van der Waals surface area contributed by atoms with Crippen molar-refractivity contribution in [2.75, 3.05) is 32.1 Å². The van der Waals surface area contributed by atoms with Gasteiger partial charge in [0, 0.05) is 25.3 Å². The maximum absolute atomic E-state index is 10.9. The molecule has 1 aliphatic rings. The van der Waals surface area contributed by atoms with Crippen molar-refractivity contribution in [3.05, 3.63) is 23.9 Å². The topological polar surface area (TPSA) is 56.7 Å². The van der Waals surface area contributed by atoms with Crippen LogP contribution in [0.3, 0.4) is 0 Å². The second kappa shape index (κ2) is 4.71. The van der Waals surface area contributed by atoms with Gasteiger partial charge in [0.15, 0.2) is 0 Å². The Kier molecular flexibility index (Phi) is 3.28. The number of nitrogens with zero attached hydrogens (tertiary/aromatic N) is 3. The molecule has 0 aromatic carbocycles. The number of carbonyl (C=O) groups is 1. The Morgan fingerprint density at radius 3 is 2.94 bits per heavy atom. The molecule has 5 nitrogen and oxygen atoms in total. The average molecular weight is 235 g/mol. The molecular weight excluding hydrogens is 218 g/mol. The quantitative estimate of drug-likeness (QED) is 0.844. The number of aromatic carboxylic acids is 1. The van der Waals surface area contributed by atoms with Crippen LogP contribution in [0.15, 0.2) is 18.3 Å². The van der Waals surface area contributed by atoms with Crippen LogP contribution in [0.4, 0.5) is 5.82 Å². The van der Waals surface area contributed by atoms with Crippen LogP contribution in [0.25, 0.3) is 0 Å². The van der Waals surface area contributed by atoms with Gasteiger partial charge in [0.1, 0.15) is 5.82 Å². The molecule has 0 radical (unpaired) electrons. The Morgan fingerprint density at radius 2 is 2.35 bits per heavy atom. The normalized spacial score (nSPS) is 19.9. The molecular formula is C12H17N3O2. The van der Waals surface area contributed by atoms with Gasteiger partial charge in [-0.2, -0.15) is 0 Å². The molecule has 2 rings (SSSR count). The molecule has 1 aromatic rings. The third-order valence-corrected chi connectivity index (χ3v) is 3.21. The molecule has 0 spiro atoms. The number of hydrogen-bond donors (Lipinski definition) is 1. The van der Waals surface area contributed by atoms with Crippen molar-refractivity contribution in [1.29, 1.82) is 0 Å². The van der Waals surface area contributed by atoms with E-state index in [0.29, 0.717) is 11.6 Å². The van der Waals surface area contributed by atoms with Gasteiger partial charge >= 0.3 is 5.97 Å². The summed E-state index contributed by atoms with van der Waals surface area (Å²) in [5, 5.41) is 8.94. The zero-order valence-corrected chi connectivity index (χ0v) is 10.1. The van der Waals surface area contributed by atoms with E-state index in [4.69, 9.17) is 5.11 Å². The Labute approximate surface area is 101 Å². The Balaban J connectivity index is 2.13. The van der Waals surface area contributed by atoms with Crippen LogP contribution in [-0.2, 0) is 0 Å². The zero-order valence-electron chi connectivity index (χ0n) is 10.1. The van der Waals surface area contributed by atoms with Crippen LogP contribution in [-0.4, -0.2) is 54.2 Å². The fraction of sp³-hybridized carbons (Fsp3) is 0.500. The summed E-state index contributed by atoms with van der Waals surface area (Å²) < 4.78 is 0. The Hall–Kier alpha value is -1.62. The first-order valence-corrected chi connectivity index (χ1v) is 5.68. The molecule has 1 unspecified atom stereocenters. The first-order chi connectivity index (χ1) is 8.08. The van der Waals surface area contributed by atoms with Crippen LogP contribution in [0.1, 0.15) is 16.8 Å². The Morgan fingerprint density at radius 1 is 1.59 bits per heavy atom. The lowest BCUT2D eigenvalue weighted by Crippen LogP contribution is -2.31. The van der Waals surface area contributed by atoms with E-state index < -0.39 is 5.97 Å². The summed E-state index contributed by atoms with van der Waals surface area (Å²) in [6.07, 6.45) is 2.65. The summed E-state index contributed by atoms with van der Waals surface area (Å²) >= 11 is 0. The maximum Gasteiger partial charge on any atom is 0.335 e. The monoisotopic (exact) mass is 235 g/mol. The zero-order chi connectivity index (χ0) is 12.4. The largest absolute Gasteiger partial charge is 0.478 e. The van der Waals surface area contributed by atoms with Crippen molar-refractivity contribution in [2.45, 2.75) is 12.5 Å². The van der Waals surface area contributed by atoms with E-state index >= 15 is 0 Å². The first-order valence-electron chi connectivity index (χ1n) is 5.68. The molecule has 0 aliphatic carbocycles. The SMILES string of the molecule is CN(C)C1CCN(c2cc(C(=O)O)ccn2)C1. The number of pyridine rings is 1. The number of rotatable bonds is 3. The van der Waals surface area contributed by atoms with Gasteiger partial charge in [-0.25, -0.2) is 9.78 Å². The van der Waals surface area contributed by atoms with Crippen LogP contribution in [0, 0.1) is 0 Å². The summed E-state index contributed by atoms with van der Waals surface area (Å²) in [4.78, 5) is 19.5. The van der Waals surface area contributed by atoms with Gasteiger partial charge in [-0.15, -0.1) is 0 Å². The lowest BCUT2D eigenvalue weighted by molar-refractivity contribution is 0.0697. The molecule has 1 aromatic heterocycles. The first kappa shape index (κ1) is 11.9. The summed E-state index contributed by atoms with van der Waals surface area (Å²) in [5.41, 5.74) is 0.295. The van der Waals surface area contributed by atoms with Gasteiger partial charge in [-0.1, -0.05) is 0 Å². The van der Waals surface area contributed by atoms with E-state index in [2.05, 4.69) is 28.9 Å². The van der Waals surface area contributed by atoms with Crippen molar-refractivity contribution in [3.8, 4) is 0 Å². The molecule has 1 aliphatic heterocycles. The average Bonchev–Trinajstić information content (AvgIpc) is 2.78. The molecule has 0 amide bonds. The predicted octanol–water partition coefficient (Wildman–Crippen LogP) is 0.920. The fourth-order valence-electron chi connectivity index (χ4n) is 2.10. The second-order valence-corrected chi connectivity index (χ2v) is 4.56. The van der Waals surface area contributed by atoms with E-state index in [1.54, 1.807) is 12.3 Å². The van der Waals surface area contributed by atoms with Crippen LogP contribution in [0.5, 0.6) is 0 Å². The van der Waals surface area contributed by atoms with Gasteiger partial charge in [0.25, 0.3) is 0 Å². The molecule has 0 bridgehead atoms. The van der Waals surface area contributed by atoms with Gasteiger partial charge in [0.2, 0.25) is 0 Å². The van der Waals surface area contributed by atoms with Crippen molar-refractivity contribution >= 4 is 11.8 Å². The van der Waals surface area contributed by atoms with E-state index in [0.717, 1.165) is 25.3 Å². The van der Waals surface area contributed by atoms with Crippen molar-refractivity contribution in [1.82, 2.24) is 9.88 Å². The predicted molar refractivity (Wildman–Crippen MR) is 65.5 cm³/mol. The smallest absolute Gasteiger partial charge is 0.335 e. The molecule has 92 valence electrons. The molecule has 1 atom stereocenters. The Bertz CT molecular complexity index is 420. The summed E-state index contributed by atoms with van der Waals surface area (Å²) in [5.74, 6) is -0.147. The highest BCUT2D eigenvalue weighted by molar-refractivity contribution is 5.88. The highest BCUT2D eigenvalue weighted by Gasteiger charge is 2.25. The lowest BCUT2D eigenvalue weighted by atomic mass is 10.2. The van der Waals surface area contributed by atoms with E-state index in [1.165, 1.54) is 6.07 Å². The third kappa shape index (κ3) is 2.55. The minimum atomic E-state index is -0.906. The van der Waals surface area contributed by atoms with Crippen LogP contribution in [0.2, 0.25) is 0 Å². The number of carboxylic acid groups (broad SMARTS) is 1. The minimum Gasteiger partial charge on any atom is -0.478 e. The third-order valence-electron chi connectivity index (χ3n) is 3.21. The standard InChI is InChI=1S/C12H17N3O2/c1-14(2)10-4-6-15(8-10)11-7-9(12(16)17)3-5-13-11/h3,5,7,10H,4,6,8H2,1-2H3,(H,16,17). The number of likely N-dealkylation sites (N-methyl/N-ethyl adjacent to an activating group) is 1. The summed E-state index contributed by atoms with van der Waals surface area (Å²) in [6.45, 7) is 1.84. The fourth-order valence-corrected chi connectivity index (χ4v) is 2.10. The molecule has 2 heterocycles. The van der Waals surface area contributed by atoms with Crippen molar-refractivity contribution in [3.63, 3.8) is 0 Å². The van der Waals surface area contributed by atoms with E-state index in [1.807, 2.05) is 0 Å². The van der Waals surface area contributed by atoms with E-state index in [9.17, 15) is 4.79 Å². The molecule has 1 saturated heterocycles. The number of carboxylic acids is 1. The van der Waals surface area contributed by atoms with Crippen LogP contribution < -0.4 is 4.90 Å². The molecule has 17 heavy (non-hydrogen) atoms.